The summed E-state index contributed by atoms with van der Waals surface area (Å²) in [6.07, 6.45) is 2.99. The van der Waals surface area contributed by atoms with Crippen molar-refractivity contribution >= 4 is 21.8 Å². The Bertz CT molecular complexity index is 1670. The van der Waals surface area contributed by atoms with Crippen LogP contribution in [0, 0.1) is 22.7 Å². The van der Waals surface area contributed by atoms with Gasteiger partial charge in [-0.25, -0.2) is 9.97 Å². The standard InChI is InChI=1S/C32H29N5/c1-31(2,3)23-8-11-28-25(14-23)26-15-24(32(4,5)6)9-12-29(26)37(28)27-10-7-21(13-22(27)17-34)30-35-18-20(16-33)19-36-30/h7-15,18-19H,1-6H3. The zero-order valence-corrected chi connectivity index (χ0v) is 22.1. The van der Waals surface area contributed by atoms with Crippen molar-refractivity contribution in [1.82, 2.24) is 14.5 Å². The van der Waals surface area contributed by atoms with E-state index in [0.29, 0.717) is 17.0 Å². The van der Waals surface area contributed by atoms with Gasteiger partial charge in [-0.2, -0.15) is 10.5 Å². The SMILES string of the molecule is CC(C)(C)c1ccc2c(c1)c1cc(C(C)(C)C)ccc1n2-c1ccc(-c2ncc(C#N)cn2)cc1C#N. The van der Waals surface area contributed by atoms with Crippen molar-refractivity contribution in [2.45, 2.75) is 52.4 Å². The average Bonchev–Trinajstić information content (AvgIpc) is 3.20. The Labute approximate surface area is 217 Å². The number of hydrogen-bond acceptors (Lipinski definition) is 4. The van der Waals surface area contributed by atoms with Gasteiger partial charge in [0.25, 0.3) is 0 Å². The first-order valence-corrected chi connectivity index (χ1v) is 12.4. The Morgan fingerprint density at radius 1 is 0.676 bits per heavy atom. The van der Waals surface area contributed by atoms with E-state index in [4.69, 9.17) is 5.26 Å². The van der Waals surface area contributed by atoms with E-state index in [-0.39, 0.29) is 10.8 Å². The molecule has 5 nitrogen and oxygen atoms in total. The zero-order valence-electron chi connectivity index (χ0n) is 22.1. The smallest absolute Gasteiger partial charge is 0.159 e. The topological polar surface area (TPSA) is 78.3 Å². The Kier molecular flexibility index (Phi) is 5.61. The molecule has 2 heterocycles. The predicted molar refractivity (Wildman–Crippen MR) is 149 cm³/mol. The summed E-state index contributed by atoms with van der Waals surface area (Å²) in [5, 5.41) is 21.6. The first-order chi connectivity index (χ1) is 17.5. The molecule has 0 atom stereocenters. The third kappa shape index (κ3) is 4.24. The van der Waals surface area contributed by atoms with Crippen LogP contribution in [0.4, 0.5) is 0 Å². The quantitative estimate of drug-likeness (QED) is 0.259. The molecule has 0 saturated carbocycles. The van der Waals surface area contributed by atoms with Crippen LogP contribution in [0.1, 0.15) is 63.8 Å². The van der Waals surface area contributed by atoms with Crippen LogP contribution in [0.5, 0.6) is 0 Å². The second kappa shape index (κ2) is 8.57. The highest BCUT2D eigenvalue weighted by atomic mass is 15.0. The minimum atomic E-state index is 0.0187. The lowest BCUT2D eigenvalue weighted by Crippen LogP contribution is -2.10. The molecule has 0 bridgehead atoms. The molecule has 0 aliphatic heterocycles. The fourth-order valence-corrected chi connectivity index (χ4v) is 4.71. The highest BCUT2D eigenvalue weighted by molar-refractivity contribution is 6.10. The molecular formula is C32H29N5. The van der Waals surface area contributed by atoms with Crippen molar-refractivity contribution in [3.05, 3.63) is 89.2 Å². The van der Waals surface area contributed by atoms with E-state index in [1.165, 1.54) is 34.3 Å². The van der Waals surface area contributed by atoms with E-state index in [2.05, 4.69) is 98.5 Å². The van der Waals surface area contributed by atoms with Crippen LogP contribution in [0.25, 0.3) is 38.9 Å². The van der Waals surface area contributed by atoms with Crippen LogP contribution in [0.2, 0.25) is 0 Å². The van der Waals surface area contributed by atoms with Gasteiger partial charge in [0.2, 0.25) is 0 Å². The first kappa shape index (κ1) is 24.2. The Morgan fingerprint density at radius 3 is 1.68 bits per heavy atom. The van der Waals surface area contributed by atoms with Crippen molar-refractivity contribution in [3.8, 4) is 29.2 Å². The maximum Gasteiger partial charge on any atom is 0.159 e. The molecule has 0 amide bonds. The number of rotatable bonds is 2. The summed E-state index contributed by atoms with van der Waals surface area (Å²) in [6.45, 7) is 13.4. The van der Waals surface area contributed by atoms with Crippen LogP contribution >= 0.6 is 0 Å². The molecule has 0 aliphatic carbocycles. The molecule has 37 heavy (non-hydrogen) atoms. The predicted octanol–water partition coefficient (Wildman–Crippen LogP) is 7.58. The van der Waals surface area contributed by atoms with Crippen molar-refractivity contribution in [2.24, 2.45) is 0 Å². The summed E-state index contributed by atoms with van der Waals surface area (Å²) in [7, 11) is 0. The van der Waals surface area contributed by atoms with E-state index in [9.17, 15) is 5.26 Å². The van der Waals surface area contributed by atoms with Gasteiger partial charge >= 0.3 is 0 Å². The molecule has 0 spiro atoms. The summed E-state index contributed by atoms with van der Waals surface area (Å²) in [5.74, 6) is 0.480. The summed E-state index contributed by atoms with van der Waals surface area (Å²) >= 11 is 0. The summed E-state index contributed by atoms with van der Waals surface area (Å²) < 4.78 is 2.19. The van der Waals surface area contributed by atoms with Crippen LogP contribution in [-0.2, 0) is 10.8 Å². The Balaban J connectivity index is 1.78. The van der Waals surface area contributed by atoms with Crippen LogP contribution in [-0.4, -0.2) is 14.5 Å². The van der Waals surface area contributed by atoms with Gasteiger partial charge in [-0.3, -0.25) is 0 Å². The van der Waals surface area contributed by atoms with Gasteiger partial charge < -0.3 is 4.57 Å². The van der Waals surface area contributed by atoms with Crippen molar-refractivity contribution in [3.63, 3.8) is 0 Å². The van der Waals surface area contributed by atoms with E-state index in [1.807, 2.05) is 24.3 Å². The highest BCUT2D eigenvalue weighted by Crippen LogP contribution is 2.38. The van der Waals surface area contributed by atoms with Crippen molar-refractivity contribution in [2.75, 3.05) is 0 Å². The normalized spacial score (nSPS) is 12.0. The van der Waals surface area contributed by atoms with Crippen LogP contribution < -0.4 is 0 Å². The van der Waals surface area contributed by atoms with Gasteiger partial charge in [0.15, 0.2) is 5.82 Å². The third-order valence-electron chi connectivity index (χ3n) is 6.89. The van der Waals surface area contributed by atoms with Gasteiger partial charge in [0, 0.05) is 28.7 Å². The molecule has 5 aromatic rings. The molecule has 5 rings (SSSR count). The van der Waals surface area contributed by atoms with Crippen LogP contribution in [0.3, 0.4) is 0 Å². The van der Waals surface area contributed by atoms with E-state index < -0.39 is 0 Å². The first-order valence-electron chi connectivity index (χ1n) is 12.4. The number of nitriles is 2. The number of fused-ring (bicyclic) bond motifs is 3. The van der Waals surface area contributed by atoms with E-state index in [1.54, 1.807) is 0 Å². The molecule has 0 aliphatic rings. The van der Waals surface area contributed by atoms with Crippen LogP contribution in [0.15, 0.2) is 67.0 Å². The molecule has 0 radical (unpaired) electrons. The molecule has 3 aromatic carbocycles. The fourth-order valence-electron chi connectivity index (χ4n) is 4.71. The maximum atomic E-state index is 10.2. The highest BCUT2D eigenvalue weighted by Gasteiger charge is 2.22. The lowest BCUT2D eigenvalue weighted by molar-refractivity contribution is 0.590. The lowest BCUT2D eigenvalue weighted by atomic mass is 9.85. The Morgan fingerprint density at radius 2 is 1.22 bits per heavy atom. The summed E-state index contributed by atoms with van der Waals surface area (Å²) in [6, 6.07) is 23.5. The number of benzene rings is 3. The summed E-state index contributed by atoms with van der Waals surface area (Å²) in [5.41, 5.74) is 7.18. The monoisotopic (exact) mass is 483 g/mol. The van der Waals surface area contributed by atoms with E-state index in [0.717, 1.165) is 22.3 Å². The zero-order chi connectivity index (χ0) is 26.5. The largest absolute Gasteiger partial charge is 0.308 e. The molecule has 2 aromatic heterocycles. The molecule has 0 fully saturated rings. The van der Waals surface area contributed by atoms with Gasteiger partial charge in [-0.15, -0.1) is 0 Å². The molecule has 182 valence electrons. The van der Waals surface area contributed by atoms with Gasteiger partial charge in [0.1, 0.15) is 12.1 Å². The van der Waals surface area contributed by atoms with Crippen molar-refractivity contribution in [1.29, 1.82) is 10.5 Å². The van der Waals surface area contributed by atoms with Gasteiger partial charge in [0.05, 0.1) is 27.8 Å². The lowest BCUT2D eigenvalue weighted by Gasteiger charge is -2.19. The maximum absolute atomic E-state index is 10.2. The molecule has 0 N–H and O–H groups in total. The average molecular weight is 484 g/mol. The summed E-state index contributed by atoms with van der Waals surface area (Å²) in [4.78, 5) is 8.61. The minimum absolute atomic E-state index is 0.0187. The van der Waals surface area contributed by atoms with Gasteiger partial charge in [-0.1, -0.05) is 53.7 Å². The molecule has 0 saturated heterocycles. The number of nitrogens with zero attached hydrogens (tertiary/aromatic N) is 5. The third-order valence-corrected chi connectivity index (χ3v) is 6.89. The van der Waals surface area contributed by atoms with Crippen molar-refractivity contribution < 1.29 is 0 Å². The second-order valence-corrected chi connectivity index (χ2v) is 11.6. The Hall–Kier alpha value is -4.48. The number of hydrogen-bond donors (Lipinski definition) is 0. The van der Waals surface area contributed by atoms with E-state index >= 15 is 0 Å². The molecular weight excluding hydrogens is 454 g/mol. The fraction of sp³-hybridized carbons (Fsp3) is 0.250. The van der Waals surface area contributed by atoms with Gasteiger partial charge in [-0.05, 0) is 64.4 Å². The number of aromatic nitrogens is 3. The minimum Gasteiger partial charge on any atom is -0.308 e. The molecule has 5 heteroatoms. The molecule has 0 unspecified atom stereocenters. The second-order valence-electron chi connectivity index (χ2n) is 11.6.